The molecule has 0 aliphatic heterocycles. The molecule has 20 heavy (non-hydrogen) atoms. The molecule has 1 aromatic carbocycles. The van der Waals surface area contributed by atoms with E-state index in [0.29, 0.717) is 23.7 Å². The minimum Gasteiger partial charge on any atom is -0.496 e. The van der Waals surface area contributed by atoms with E-state index < -0.39 is 10.0 Å². The van der Waals surface area contributed by atoms with E-state index in [1.165, 1.54) is 0 Å². The van der Waals surface area contributed by atoms with Gasteiger partial charge >= 0.3 is 0 Å². The lowest BCUT2D eigenvalue weighted by Crippen LogP contribution is -2.30. The van der Waals surface area contributed by atoms with E-state index in [-0.39, 0.29) is 18.9 Å². The van der Waals surface area contributed by atoms with Gasteiger partial charge < -0.3 is 14.2 Å². The first kappa shape index (κ1) is 16.6. The van der Waals surface area contributed by atoms with Crippen LogP contribution in [0.15, 0.2) is 18.2 Å². The van der Waals surface area contributed by atoms with Crippen LogP contribution < -0.4 is 18.9 Å². The van der Waals surface area contributed by atoms with Crippen molar-refractivity contribution in [3.05, 3.63) is 18.2 Å². The third kappa shape index (κ3) is 5.66. The van der Waals surface area contributed by atoms with Gasteiger partial charge in [0.1, 0.15) is 23.9 Å². The highest BCUT2D eigenvalue weighted by Gasteiger charge is 2.08. The average molecular weight is 303 g/mol. The Kier molecular flexibility index (Phi) is 6.60. The highest BCUT2D eigenvalue weighted by atomic mass is 32.2. The fourth-order valence-corrected chi connectivity index (χ4v) is 2.65. The molecule has 0 aliphatic carbocycles. The maximum Gasteiger partial charge on any atom is 0.211 e. The van der Waals surface area contributed by atoms with Gasteiger partial charge in [-0.05, 0) is 6.42 Å². The maximum atomic E-state index is 11.4. The minimum atomic E-state index is -3.19. The molecule has 0 heterocycles. The number of ether oxygens (including phenoxy) is 3. The van der Waals surface area contributed by atoms with E-state index in [1.54, 1.807) is 32.4 Å². The van der Waals surface area contributed by atoms with Gasteiger partial charge in [0, 0.05) is 24.7 Å². The van der Waals surface area contributed by atoms with Crippen LogP contribution in [0.2, 0.25) is 0 Å². The molecule has 1 N–H and O–H groups in total. The quantitative estimate of drug-likeness (QED) is 0.698. The van der Waals surface area contributed by atoms with E-state index in [4.69, 9.17) is 14.2 Å². The zero-order valence-corrected chi connectivity index (χ0v) is 12.8. The highest BCUT2D eigenvalue weighted by molar-refractivity contribution is 7.89. The molecule has 0 saturated carbocycles. The number of methoxy groups -OCH3 is 2. The van der Waals surface area contributed by atoms with E-state index >= 15 is 0 Å². The number of hydrogen-bond acceptors (Lipinski definition) is 5. The molecular weight excluding hydrogens is 282 g/mol. The Morgan fingerprint density at radius 1 is 1.05 bits per heavy atom. The van der Waals surface area contributed by atoms with Crippen molar-refractivity contribution < 1.29 is 22.6 Å². The topological polar surface area (TPSA) is 73.9 Å². The predicted molar refractivity (Wildman–Crippen MR) is 77.1 cm³/mol. The summed E-state index contributed by atoms with van der Waals surface area (Å²) in [5, 5.41) is 0. The highest BCUT2D eigenvalue weighted by Crippen LogP contribution is 2.27. The molecule has 0 atom stereocenters. The third-order valence-corrected chi connectivity index (χ3v) is 4.08. The third-order valence-electron chi connectivity index (χ3n) is 2.49. The molecule has 0 aliphatic rings. The molecule has 0 unspecified atom stereocenters. The second-order valence-electron chi connectivity index (χ2n) is 4.11. The van der Waals surface area contributed by atoms with Crippen LogP contribution in [0.25, 0.3) is 0 Å². The van der Waals surface area contributed by atoms with Gasteiger partial charge in [-0.25, -0.2) is 13.1 Å². The van der Waals surface area contributed by atoms with Crippen molar-refractivity contribution in [1.82, 2.24) is 4.72 Å². The Hall–Kier alpha value is -1.47. The van der Waals surface area contributed by atoms with Gasteiger partial charge in [0.25, 0.3) is 0 Å². The smallest absolute Gasteiger partial charge is 0.211 e. The molecule has 0 aromatic heterocycles. The first-order valence-corrected chi connectivity index (χ1v) is 7.99. The molecule has 7 heteroatoms. The van der Waals surface area contributed by atoms with Gasteiger partial charge in [-0.3, -0.25) is 0 Å². The number of sulfonamides is 1. The van der Waals surface area contributed by atoms with Gasteiger partial charge in [0.05, 0.1) is 20.0 Å². The number of hydrogen-bond donors (Lipinski definition) is 1. The molecule has 0 saturated heterocycles. The van der Waals surface area contributed by atoms with Crippen LogP contribution >= 0.6 is 0 Å². The SMILES string of the molecule is CCCS(=O)(=O)NCCOc1cc(OC)cc(OC)c1. The lowest BCUT2D eigenvalue weighted by atomic mass is 10.3. The Bertz CT molecular complexity index is 493. The van der Waals surface area contributed by atoms with Crippen LogP contribution in [0.5, 0.6) is 17.2 Å². The summed E-state index contributed by atoms with van der Waals surface area (Å²) in [6.07, 6.45) is 0.587. The second-order valence-corrected chi connectivity index (χ2v) is 6.04. The molecule has 1 rings (SSSR count). The summed E-state index contributed by atoms with van der Waals surface area (Å²) < 4.78 is 41.1. The normalized spacial score (nSPS) is 11.2. The van der Waals surface area contributed by atoms with E-state index in [0.717, 1.165) is 0 Å². The molecule has 114 valence electrons. The van der Waals surface area contributed by atoms with Crippen molar-refractivity contribution in [3.8, 4) is 17.2 Å². The molecule has 0 bridgehead atoms. The number of benzene rings is 1. The molecule has 0 amide bonds. The fraction of sp³-hybridized carbons (Fsp3) is 0.538. The summed E-state index contributed by atoms with van der Waals surface area (Å²) in [6.45, 7) is 2.28. The summed E-state index contributed by atoms with van der Waals surface area (Å²) in [5.41, 5.74) is 0. The number of nitrogens with one attached hydrogen (secondary N) is 1. The summed E-state index contributed by atoms with van der Waals surface area (Å²) in [7, 11) is -0.0851. The first-order valence-electron chi connectivity index (χ1n) is 6.34. The average Bonchev–Trinajstić information content (AvgIpc) is 2.43. The molecule has 0 fully saturated rings. The van der Waals surface area contributed by atoms with Gasteiger partial charge in [0.2, 0.25) is 10.0 Å². The van der Waals surface area contributed by atoms with Crippen molar-refractivity contribution in [1.29, 1.82) is 0 Å². The summed E-state index contributed by atoms with van der Waals surface area (Å²) in [4.78, 5) is 0. The molecule has 0 spiro atoms. The Labute approximate surface area is 120 Å². The minimum absolute atomic E-state index is 0.125. The van der Waals surface area contributed by atoms with Crippen LogP contribution in [0.4, 0.5) is 0 Å². The van der Waals surface area contributed by atoms with Crippen molar-refractivity contribution in [2.75, 3.05) is 33.1 Å². The van der Waals surface area contributed by atoms with Crippen molar-refractivity contribution in [3.63, 3.8) is 0 Å². The first-order chi connectivity index (χ1) is 9.50. The Morgan fingerprint density at radius 2 is 1.60 bits per heavy atom. The van der Waals surface area contributed by atoms with Crippen LogP contribution in [0.3, 0.4) is 0 Å². The molecule has 0 radical (unpaired) electrons. The standard InChI is InChI=1S/C13H21NO5S/c1-4-7-20(15,16)14-5-6-19-13-9-11(17-2)8-12(10-13)18-3/h8-10,14H,4-7H2,1-3H3. The second kappa shape index (κ2) is 7.96. The van der Waals surface area contributed by atoms with E-state index in [9.17, 15) is 8.42 Å². The lowest BCUT2D eigenvalue weighted by molar-refractivity contribution is 0.316. The largest absolute Gasteiger partial charge is 0.496 e. The monoisotopic (exact) mass is 303 g/mol. The Balaban J connectivity index is 2.50. The predicted octanol–water partition coefficient (Wildman–Crippen LogP) is 1.41. The maximum absolute atomic E-state index is 11.4. The fourth-order valence-electron chi connectivity index (χ4n) is 1.57. The molecule has 6 nitrogen and oxygen atoms in total. The van der Waals surface area contributed by atoms with Gasteiger partial charge in [-0.15, -0.1) is 0 Å². The number of rotatable bonds is 9. The van der Waals surface area contributed by atoms with Crippen molar-refractivity contribution in [2.45, 2.75) is 13.3 Å². The lowest BCUT2D eigenvalue weighted by Gasteiger charge is -2.11. The van der Waals surface area contributed by atoms with E-state index in [1.807, 2.05) is 6.92 Å². The van der Waals surface area contributed by atoms with Crippen LogP contribution in [-0.4, -0.2) is 41.5 Å². The summed E-state index contributed by atoms with van der Waals surface area (Å²) in [6, 6.07) is 5.16. The zero-order chi connectivity index (χ0) is 15.0. The van der Waals surface area contributed by atoms with Gasteiger partial charge in [-0.2, -0.15) is 0 Å². The summed E-state index contributed by atoms with van der Waals surface area (Å²) >= 11 is 0. The van der Waals surface area contributed by atoms with Crippen LogP contribution in [0.1, 0.15) is 13.3 Å². The van der Waals surface area contributed by atoms with Gasteiger partial charge in [0.15, 0.2) is 0 Å². The van der Waals surface area contributed by atoms with Gasteiger partial charge in [-0.1, -0.05) is 6.92 Å². The summed E-state index contributed by atoms with van der Waals surface area (Å²) in [5.74, 6) is 1.92. The Morgan fingerprint density at radius 3 is 2.10 bits per heavy atom. The molecule has 1 aromatic rings. The van der Waals surface area contributed by atoms with Crippen molar-refractivity contribution >= 4 is 10.0 Å². The van der Waals surface area contributed by atoms with Crippen molar-refractivity contribution in [2.24, 2.45) is 0 Å². The zero-order valence-electron chi connectivity index (χ0n) is 12.0. The van der Waals surface area contributed by atoms with Crippen LogP contribution in [-0.2, 0) is 10.0 Å². The molecular formula is C13H21NO5S. The van der Waals surface area contributed by atoms with E-state index in [2.05, 4.69) is 4.72 Å². The van der Waals surface area contributed by atoms with Crippen LogP contribution in [0, 0.1) is 0 Å².